The topological polar surface area (TPSA) is 123 Å². The highest BCUT2D eigenvalue weighted by Gasteiger charge is 2.30. The zero-order valence-corrected chi connectivity index (χ0v) is 19.5. The lowest BCUT2D eigenvalue weighted by molar-refractivity contribution is -0.141. The van der Waals surface area contributed by atoms with Gasteiger partial charge in [-0.2, -0.15) is 0 Å². The molecule has 3 amide bonds. The van der Waals surface area contributed by atoms with Crippen LogP contribution in [0.3, 0.4) is 0 Å². The van der Waals surface area contributed by atoms with Crippen LogP contribution in [0, 0.1) is 11.8 Å². The van der Waals surface area contributed by atoms with Crippen molar-refractivity contribution < 1.29 is 28.7 Å². The van der Waals surface area contributed by atoms with Gasteiger partial charge in [0.1, 0.15) is 25.2 Å². The predicted molar refractivity (Wildman–Crippen MR) is 119 cm³/mol. The van der Waals surface area contributed by atoms with Gasteiger partial charge in [-0.1, -0.05) is 64.4 Å². The van der Waals surface area contributed by atoms with Gasteiger partial charge in [0.25, 0.3) is 0 Å². The maximum Gasteiger partial charge on any atom is 0.408 e. The molecule has 0 aliphatic heterocycles. The number of carbonyl (C=O) groups is 4. The standard InChI is InChI=1S/C23H35N3O6/c1-6-16(4)20(26-23(30)32-14-17-10-8-7-9-11-17)22(29)25-18(12-15(2)3)21(28)24-13-19(27)31-5/h7-11,15-16,18,20H,6,12-14H2,1-5H3,(H,24,28)(H,25,29)(H,26,30)/t16-,18-,20-/m0/s1. The number of hydrogen-bond acceptors (Lipinski definition) is 6. The molecule has 3 N–H and O–H groups in total. The molecule has 0 fully saturated rings. The number of rotatable bonds is 12. The van der Waals surface area contributed by atoms with Crippen LogP contribution < -0.4 is 16.0 Å². The largest absolute Gasteiger partial charge is 0.468 e. The van der Waals surface area contributed by atoms with Gasteiger partial charge in [0, 0.05) is 0 Å². The van der Waals surface area contributed by atoms with Crippen LogP contribution in [0.5, 0.6) is 0 Å². The molecule has 0 saturated heterocycles. The molecular formula is C23H35N3O6. The summed E-state index contributed by atoms with van der Waals surface area (Å²) in [6.45, 7) is 7.34. The Hall–Kier alpha value is -3.10. The third kappa shape index (κ3) is 9.80. The molecule has 1 aromatic carbocycles. The molecule has 1 aromatic rings. The summed E-state index contributed by atoms with van der Waals surface area (Å²) in [4.78, 5) is 49.2. The minimum absolute atomic E-state index is 0.0768. The molecule has 32 heavy (non-hydrogen) atoms. The number of amides is 3. The van der Waals surface area contributed by atoms with Crippen LogP contribution >= 0.6 is 0 Å². The summed E-state index contributed by atoms with van der Waals surface area (Å²) in [5, 5.41) is 7.79. The number of benzene rings is 1. The Morgan fingerprint density at radius 1 is 0.969 bits per heavy atom. The van der Waals surface area contributed by atoms with Gasteiger partial charge in [-0.25, -0.2) is 4.79 Å². The van der Waals surface area contributed by atoms with E-state index < -0.39 is 36.0 Å². The molecule has 0 bridgehead atoms. The first-order valence-electron chi connectivity index (χ1n) is 10.8. The van der Waals surface area contributed by atoms with Gasteiger partial charge in [0.05, 0.1) is 7.11 Å². The number of alkyl carbamates (subject to hydrolysis) is 1. The summed E-state index contributed by atoms with van der Waals surface area (Å²) in [6.07, 6.45) is 0.273. The molecular weight excluding hydrogens is 414 g/mol. The van der Waals surface area contributed by atoms with Crippen LogP contribution in [0.2, 0.25) is 0 Å². The molecule has 0 unspecified atom stereocenters. The SMILES string of the molecule is CC[C@H](C)[C@H](NC(=O)OCc1ccccc1)C(=O)N[C@@H](CC(C)C)C(=O)NCC(=O)OC. The lowest BCUT2D eigenvalue weighted by Gasteiger charge is -2.26. The van der Waals surface area contributed by atoms with E-state index in [9.17, 15) is 19.2 Å². The Morgan fingerprint density at radius 2 is 1.62 bits per heavy atom. The number of hydrogen-bond donors (Lipinski definition) is 3. The molecule has 0 aliphatic rings. The Bertz CT molecular complexity index is 753. The van der Waals surface area contributed by atoms with Crippen molar-refractivity contribution in [1.29, 1.82) is 0 Å². The number of methoxy groups -OCH3 is 1. The van der Waals surface area contributed by atoms with Crippen molar-refractivity contribution in [2.75, 3.05) is 13.7 Å². The molecule has 0 radical (unpaired) electrons. The van der Waals surface area contributed by atoms with Crippen molar-refractivity contribution in [3.05, 3.63) is 35.9 Å². The fourth-order valence-corrected chi connectivity index (χ4v) is 2.91. The minimum Gasteiger partial charge on any atom is -0.468 e. The molecule has 3 atom stereocenters. The minimum atomic E-state index is -0.883. The second-order valence-electron chi connectivity index (χ2n) is 8.05. The van der Waals surface area contributed by atoms with E-state index >= 15 is 0 Å². The average Bonchev–Trinajstić information content (AvgIpc) is 2.78. The van der Waals surface area contributed by atoms with E-state index in [1.165, 1.54) is 7.11 Å². The van der Waals surface area contributed by atoms with Gasteiger partial charge >= 0.3 is 12.1 Å². The number of nitrogens with one attached hydrogen (secondary N) is 3. The van der Waals surface area contributed by atoms with E-state index in [1.807, 2.05) is 58.0 Å². The summed E-state index contributed by atoms with van der Waals surface area (Å²) < 4.78 is 9.76. The van der Waals surface area contributed by atoms with Gasteiger partial charge in [-0.3, -0.25) is 14.4 Å². The van der Waals surface area contributed by atoms with E-state index in [0.29, 0.717) is 12.8 Å². The molecule has 178 valence electrons. The van der Waals surface area contributed by atoms with Crippen molar-refractivity contribution in [2.24, 2.45) is 11.8 Å². The first-order valence-corrected chi connectivity index (χ1v) is 10.8. The first-order chi connectivity index (χ1) is 15.2. The van der Waals surface area contributed by atoms with Crippen LogP contribution in [0.25, 0.3) is 0 Å². The second kappa shape index (κ2) is 14.1. The van der Waals surface area contributed by atoms with Crippen LogP contribution in [0.1, 0.15) is 46.1 Å². The normalized spacial score (nSPS) is 13.4. The number of ether oxygens (including phenoxy) is 2. The van der Waals surface area contributed by atoms with Crippen molar-refractivity contribution in [3.8, 4) is 0 Å². The predicted octanol–water partition coefficient (Wildman–Crippen LogP) is 2.15. The van der Waals surface area contributed by atoms with Crippen molar-refractivity contribution >= 4 is 23.9 Å². The van der Waals surface area contributed by atoms with Gasteiger partial charge in [0.15, 0.2) is 0 Å². The highest BCUT2D eigenvalue weighted by molar-refractivity contribution is 5.92. The molecule has 0 aliphatic carbocycles. The van der Waals surface area contributed by atoms with E-state index in [2.05, 4.69) is 20.7 Å². The average molecular weight is 450 g/mol. The van der Waals surface area contributed by atoms with E-state index in [1.54, 1.807) is 0 Å². The summed E-state index contributed by atoms with van der Waals surface area (Å²) in [5.74, 6) is -1.66. The maximum absolute atomic E-state index is 13.0. The monoisotopic (exact) mass is 449 g/mol. The Kier molecular flexibility index (Phi) is 11.8. The molecule has 0 aromatic heterocycles. The van der Waals surface area contributed by atoms with E-state index in [0.717, 1.165) is 5.56 Å². The summed E-state index contributed by atoms with van der Waals surface area (Å²) in [5.41, 5.74) is 0.825. The third-order valence-electron chi connectivity index (χ3n) is 4.96. The quantitative estimate of drug-likeness (QED) is 0.420. The molecule has 0 heterocycles. The fraction of sp³-hybridized carbons (Fsp3) is 0.565. The van der Waals surface area contributed by atoms with Gasteiger partial charge < -0.3 is 25.4 Å². The third-order valence-corrected chi connectivity index (χ3v) is 4.96. The molecule has 9 heteroatoms. The van der Waals surface area contributed by atoms with Crippen LogP contribution in [0.4, 0.5) is 4.79 Å². The van der Waals surface area contributed by atoms with Crippen molar-refractivity contribution in [3.63, 3.8) is 0 Å². The Morgan fingerprint density at radius 3 is 2.19 bits per heavy atom. The Balaban J connectivity index is 2.80. The van der Waals surface area contributed by atoms with Gasteiger partial charge in [-0.15, -0.1) is 0 Å². The Labute approximate surface area is 189 Å². The fourth-order valence-electron chi connectivity index (χ4n) is 2.91. The maximum atomic E-state index is 13.0. The summed E-state index contributed by atoms with van der Waals surface area (Å²) in [7, 11) is 1.22. The molecule has 0 spiro atoms. The van der Waals surface area contributed by atoms with Crippen molar-refractivity contribution in [2.45, 2.75) is 59.2 Å². The zero-order valence-electron chi connectivity index (χ0n) is 19.5. The second-order valence-corrected chi connectivity index (χ2v) is 8.05. The van der Waals surface area contributed by atoms with Crippen LogP contribution in [0.15, 0.2) is 30.3 Å². The highest BCUT2D eigenvalue weighted by atomic mass is 16.5. The smallest absolute Gasteiger partial charge is 0.408 e. The van der Waals surface area contributed by atoms with Crippen LogP contribution in [-0.4, -0.2) is 49.6 Å². The molecule has 0 saturated carbocycles. The van der Waals surface area contributed by atoms with E-state index in [4.69, 9.17) is 4.74 Å². The lowest BCUT2D eigenvalue weighted by Crippen LogP contribution is -2.56. The summed E-state index contributed by atoms with van der Waals surface area (Å²) in [6, 6.07) is 7.46. The summed E-state index contributed by atoms with van der Waals surface area (Å²) >= 11 is 0. The number of esters is 1. The highest BCUT2D eigenvalue weighted by Crippen LogP contribution is 2.11. The lowest BCUT2D eigenvalue weighted by atomic mass is 9.97. The first kappa shape index (κ1) is 26.9. The van der Waals surface area contributed by atoms with Crippen molar-refractivity contribution in [1.82, 2.24) is 16.0 Å². The molecule has 9 nitrogen and oxygen atoms in total. The zero-order chi connectivity index (χ0) is 24.1. The van der Waals surface area contributed by atoms with Gasteiger partial charge in [-0.05, 0) is 23.8 Å². The van der Waals surface area contributed by atoms with Crippen LogP contribution in [-0.2, 0) is 30.5 Å². The van der Waals surface area contributed by atoms with Gasteiger partial charge in [0.2, 0.25) is 11.8 Å². The molecule has 1 rings (SSSR count). The van der Waals surface area contributed by atoms with E-state index in [-0.39, 0.29) is 25.0 Å². The number of carbonyl (C=O) groups excluding carboxylic acids is 4.